The predicted molar refractivity (Wildman–Crippen MR) is 116 cm³/mol. The van der Waals surface area contributed by atoms with E-state index in [-0.39, 0.29) is 42.7 Å². The van der Waals surface area contributed by atoms with E-state index in [1.54, 1.807) is 24.3 Å². The fourth-order valence-corrected chi connectivity index (χ4v) is 3.60. The molecule has 2 aromatic rings. The lowest BCUT2D eigenvalue weighted by molar-refractivity contribution is -0.128. The van der Waals surface area contributed by atoms with Gasteiger partial charge in [-0.15, -0.1) is 0 Å². The summed E-state index contributed by atoms with van der Waals surface area (Å²) in [5.41, 5.74) is 6.10. The van der Waals surface area contributed by atoms with Crippen LogP contribution < -0.4 is 11.1 Å². The second-order valence-electron chi connectivity index (χ2n) is 6.59. The first-order chi connectivity index (χ1) is 14.3. The van der Waals surface area contributed by atoms with Crippen molar-refractivity contribution in [2.75, 3.05) is 26.2 Å². The zero-order valence-electron chi connectivity index (χ0n) is 15.8. The van der Waals surface area contributed by atoms with E-state index in [2.05, 4.69) is 5.32 Å². The number of carbonyl (C=O) groups is 3. The van der Waals surface area contributed by atoms with E-state index in [1.165, 1.54) is 28.0 Å². The molecular weight excluding hydrogens is 451 g/mol. The second kappa shape index (κ2) is 9.66. The minimum absolute atomic E-state index is 0.180. The summed E-state index contributed by atoms with van der Waals surface area (Å²) in [4.78, 5) is 41.7. The average molecular weight is 470 g/mol. The summed E-state index contributed by atoms with van der Waals surface area (Å²) in [6.07, 6.45) is -1.12. The highest BCUT2D eigenvalue weighted by Crippen LogP contribution is 2.26. The van der Waals surface area contributed by atoms with E-state index >= 15 is 0 Å². The molecule has 30 heavy (non-hydrogen) atoms. The maximum atomic E-state index is 13.1. The lowest BCUT2D eigenvalue weighted by Gasteiger charge is -2.29. The molecule has 3 amide bonds. The monoisotopic (exact) mass is 468 g/mol. The summed E-state index contributed by atoms with van der Waals surface area (Å²) in [6, 6.07) is 10.8. The molecule has 10 heteroatoms. The smallest absolute Gasteiger partial charge is 0.263 e. The summed E-state index contributed by atoms with van der Waals surface area (Å²) < 4.78 is 0. The van der Waals surface area contributed by atoms with Gasteiger partial charge >= 0.3 is 0 Å². The average Bonchev–Trinajstić information content (AvgIpc) is 3.18. The number of benzene rings is 2. The zero-order valence-corrected chi connectivity index (χ0v) is 18.0. The van der Waals surface area contributed by atoms with Gasteiger partial charge < -0.3 is 20.9 Å². The van der Waals surface area contributed by atoms with Crippen LogP contribution >= 0.6 is 34.8 Å². The van der Waals surface area contributed by atoms with Crippen molar-refractivity contribution in [3.8, 4) is 0 Å². The minimum Gasteiger partial charge on any atom is -0.351 e. The molecular formula is C20H19Cl3N4O3. The van der Waals surface area contributed by atoms with Crippen LogP contribution in [0.1, 0.15) is 20.7 Å². The highest BCUT2D eigenvalue weighted by Gasteiger charge is 2.43. The van der Waals surface area contributed by atoms with Gasteiger partial charge in [0.05, 0.1) is 10.0 Å². The molecule has 158 valence electrons. The zero-order chi connectivity index (χ0) is 21.8. The number of nitrogens with one attached hydrogen (secondary N) is 1. The van der Waals surface area contributed by atoms with Gasteiger partial charge in [-0.1, -0.05) is 34.8 Å². The Bertz CT molecular complexity index is 968. The molecule has 3 rings (SSSR count). The van der Waals surface area contributed by atoms with E-state index < -0.39 is 18.0 Å². The first-order valence-electron chi connectivity index (χ1n) is 9.14. The van der Waals surface area contributed by atoms with Gasteiger partial charge in [0.15, 0.2) is 6.17 Å². The standard InChI is InChI=1S/C20H19Cl3N4O3/c21-14-4-1-12(2-5-14)19(29)26-9-10-27(18(26)17(28)25-8-7-24)20(30)13-3-6-15(22)16(23)11-13/h1-6,11,18H,7-10,24H2,(H,25,28). The van der Waals surface area contributed by atoms with Gasteiger partial charge in [-0.2, -0.15) is 0 Å². The molecule has 0 saturated carbocycles. The first kappa shape index (κ1) is 22.4. The maximum Gasteiger partial charge on any atom is 0.263 e. The molecule has 3 N–H and O–H groups in total. The van der Waals surface area contributed by atoms with E-state index in [1.807, 2.05) is 0 Å². The van der Waals surface area contributed by atoms with Crippen molar-refractivity contribution in [3.63, 3.8) is 0 Å². The number of nitrogens with two attached hydrogens (primary N) is 1. The number of nitrogens with zero attached hydrogens (tertiary/aromatic N) is 2. The molecule has 1 unspecified atom stereocenters. The Morgan fingerprint density at radius 2 is 1.47 bits per heavy atom. The van der Waals surface area contributed by atoms with Crippen LogP contribution in [0.5, 0.6) is 0 Å². The van der Waals surface area contributed by atoms with Crippen LogP contribution in [0.15, 0.2) is 42.5 Å². The van der Waals surface area contributed by atoms with Gasteiger partial charge in [-0.05, 0) is 42.5 Å². The van der Waals surface area contributed by atoms with Crippen LogP contribution in [-0.4, -0.2) is 59.9 Å². The number of halogens is 3. The van der Waals surface area contributed by atoms with Gasteiger partial charge in [-0.3, -0.25) is 14.4 Å². The molecule has 1 aliphatic rings. The molecule has 0 radical (unpaired) electrons. The van der Waals surface area contributed by atoms with E-state index in [9.17, 15) is 14.4 Å². The van der Waals surface area contributed by atoms with Gasteiger partial charge in [-0.25, -0.2) is 0 Å². The van der Waals surface area contributed by atoms with E-state index in [0.717, 1.165) is 0 Å². The third-order valence-corrected chi connectivity index (χ3v) is 5.62. The topological polar surface area (TPSA) is 95.7 Å². The summed E-state index contributed by atoms with van der Waals surface area (Å²) in [7, 11) is 0. The van der Waals surface area contributed by atoms with Crippen molar-refractivity contribution < 1.29 is 14.4 Å². The lowest BCUT2D eigenvalue weighted by atomic mass is 10.1. The summed E-state index contributed by atoms with van der Waals surface area (Å²) in [5.74, 6) is -1.31. The molecule has 0 bridgehead atoms. The molecule has 1 saturated heterocycles. The number of hydrogen-bond donors (Lipinski definition) is 2. The fourth-order valence-electron chi connectivity index (χ4n) is 3.18. The molecule has 7 nitrogen and oxygen atoms in total. The molecule has 1 heterocycles. The van der Waals surface area contributed by atoms with Crippen molar-refractivity contribution in [2.45, 2.75) is 6.17 Å². The third kappa shape index (κ3) is 4.70. The SMILES string of the molecule is NCCNC(=O)C1N(C(=O)c2ccc(Cl)cc2)CCN1C(=O)c1ccc(Cl)c(Cl)c1. The van der Waals surface area contributed by atoms with E-state index in [4.69, 9.17) is 40.5 Å². The van der Waals surface area contributed by atoms with Gasteiger partial charge in [0.25, 0.3) is 17.7 Å². The lowest BCUT2D eigenvalue weighted by Crippen LogP contribution is -2.54. The van der Waals surface area contributed by atoms with Gasteiger partial charge in [0.1, 0.15) is 0 Å². The molecule has 0 aliphatic carbocycles. The van der Waals surface area contributed by atoms with Crippen LogP contribution in [0.4, 0.5) is 0 Å². The number of amides is 3. The molecule has 1 atom stereocenters. The van der Waals surface area contributed by atoms with Crippen LogP contribution in [0.25, 0.3) is 0 Å². The molecule has 1 fully saturated rings. The Balaban J connectivity index is 1.91. The third-order valence-electron chi connectivity index (χ3n) is 4.63. The van der Waals surface area contributed by atoms with Crippen LogP contribution in [0.2, 0.25) is 15.1 Å². The van der Waals surface area contributed by atoms with Gasteiger partial charge in [0, 0.05) is 42.3 Å². The summed E-state index contributed by atoms with van der Waals surface area (Å²) in [5, 5.41) is 3.68. The highest BCUT2D eigenvalue weighted by atomic mass is 35.5. The van der Waals surface area contributed by atoms with Crippen molar-refractivity contribution in [2.24, 2.45) is 5.73 Å². The van der Waals surface area contributed by atoms with Crippen LogP contribution in [-0.2, 0) is 4.79 Å². The number of rotatable bonds is 5. The Hall–Kier alpha value is -2.32. The Kier molecular flexibility index (Phi) is 7.20. The fraction of sp³-hybridized carbons (Fsp3) is 0.250. The molecule has 2 aromatic carbocycles. The van der Waals surface area contributed by atoms with Crippen molar-refractivity contribution in [3.05, 3.63) is 68.7 Å². The largest absolute Gasteiger partial charge is 0.351 e. The highest BCUT2D eigenvalue weighted by molar-refractivity contribution is 6.42. The van der Waals surface area contributed by atoms with Crippen molar-refractivity contribution >= 4 is 52.5 Å². The first-order valence-corrected chi connectivity index (χ1v) is 10.3. The molecule has 0 aromatic heterocycles. The Morgan fingerprint density at radius 3 is 2.03 bits per heavy atom. The summed E-state index contributed by atoms with van der Waals surface area (Å²) in [6.45, 7) is 0.811. The van der Waals surface area contributed by atoms with Crippen molar-refractivity contribution in [1.29, 1.82) is 0 Å². The molecule has 1 aliphatic heterocycles. The van der Waals surface area contributed by atoms with Gasteiger partial charge in [0.2, 0.25) is 0 Å². The van der Waals surface area contributed by atoms with Crippen LogP contribution in [0.3, 0.4) is 0 Å². The minimum atomic E-state index is -1.12. The second-order valence-corrected chi connectivity index (χ2v) is 7.84. The Morgan fingerprint density at radius 1 is 0.900 bits per heavy atom. The number of carbonyl (C=O) groups excluding carboxylic acids is 3. The Labute approximate surface area is 188 Å². The van der Waals surface area contributed by atoms with Crippen LogP contribution in [0, 0.1) is 0 Å². The predicted octanol–water partition coefficient (Wildman–Crippen LogP) is 2.65. The number of hydrogen-bond acceptors (Lipinski definition) is 4. The quantitative estimate of drug-likeness (QED) is 0.704. The normalized spacial score (nSPS) is 15.9. The van der Waals surface area contributed by atoms with E-state index in [0.29, 0.717) is 15.6 Å². The molecule has 0 spiro atoms. The maximum absolute atomic E-state index is 13.1. The summed E-state index contributed by atoms with van der Waals surface area (Å²) >= 11 is 17.9. The van der Waals surface area contributed by atoms with Crippen molar-refractivity contribution in [1.82, 2.24) is 15.1 Å².